The number of hydrogen-bond donors (Lipinski definition) is 1. The van der Waals surface area contributed by atoms with Crippen LogP contribution in [0.25, 0.3) is 21.8 Å². The number of aromatic nitrogens is 2. The lowest BCUT2D eigenvalue weighted by Gasteiger charge is -2.03. The summed E-state index contributed by atoms with van der Waals surface area (Å²) in [6.07, 6.45) is 5.73. The molecule has 4 heteroatoms. The van der Waals surface area contributed by atoms with Crippen LogP contribution < -0.4 is 5.43 Å². The van der Waals surface area contributed by atoms with E-state index in [0.717, 1.165) is 22.2 Å². The van der Waals surface area contributed by atoms with Gasteiger partial charge < -0.3 is 4.57 Å². The molecule has 0 aliphatic heterocycles. The van der Waals surface area contributed by atoms with Crippen molar-refractivity contribution in [3.63, 3.8) is 0 Å². The minimum atomic E-state index is 0.902. The van der Waals surface area contributed by atoms with E-state index in [2.05, 4.69) is 38.4 Å². The van der Waals surface area contributed by atoms with E-state index in [1.54, 1.807) is 6.20 Å². The van der Waals surface area contributed by atoms with Crippen molar-refractivity contribution in [2.45, 2.75) is 0 Å². The number of benzene rings is 2. The van der Waals surface area contributed by atoms with Crippen LogP contribution in [0.15, 0.2) is 72.1 Å². The van der Waals surface area contributed by atoms with Crippen LogP contribution in [0.3, 0.4) is 0 Å². The number of aryl methyl sites for hydroxylation is 1. The van der Waals surface area contributed by atoms with Gasteiger partial charge in [0.25, 0.3) is 0 Å². The molecule has 0 aliphatic rings. The number of hydrazone groups is 1. The molecule has 0 spiro atoms. The summed E-state index contributed by atoms with van der Waals surface area (Å²) in [5, 5.41) is 6.68. The number of rotatable bonds is 3. The van der Waals surface area contributed by atoms with Crippen LogP contribution in [0.5, 0.6) is 0 Å². The van der Waals surface area contributed by atoms with E-state index in [9.17, 15) is 0 Å². The van der Waals surface area contributed by atoms with E-state index in [1.165, 1.54) is 10.9 Å². The molecule has 0 amide bonds. The fourth-order valence-electron chi connectivity index (χ4n) is 2.84. The Morgan fingerprint density at radius 1 is 1.04 bits per heavy atom. The maximum absolute atomic E-state index is 4.42. The quantitative estimate of drug-likeness (QED) is 0.456. The second-order valence-electron chi connectivity index (χ2n) is 5.46. The van der Waals surface area contributed by atoms with Gasteiger partial charge in [-0.25, -0.2) is 0 Å². The minimum Gasteiger partial charge on any atom is -0.350 e. The van der Waals surface area contributed by atoms with Crippen molar-refractivity contribution >= 4 is 33.7 Å². The molecule has 0 radical (unpaired) electrons. The Bertz CT molecular complexity index is 1010. The van der Waals surface area contributed by atoms with Gasteiger partial charge in [-0.3, -0.25) is 10.4 Å². The molecule has 112 valence electrons. The average Bonchev–Trinajstić information content (AvgIpc) is 2.92. The molecule has 0 aliphatic carbocycles. The smallest absolute Gasteiger partial charge is 0.0951 e. The number of hydrogen-bond acceptors (Lipinski definition) is 3. The van der Waals surface area contributed by atoms with Crippen LogP contribution >= 0.6 is 0 Å². The number of anilines is 1. The molecule has 2 aromatic heterocycles. The molecule has 0 saturated heterocycles. The van der Waals surface area contributed by atoms with Crippen molar-refractivity contribution in [1.29, 1.82) is 0 Å². The van der Waals surface area contributed by atoms with Gasteiger partial charge in [0.15, 0.2) is 0 Å². The highest BCUT2D eigenvalue weighted by Crippen LogP contribution is 2.21. The number of pyridine rings is 1. The monoisotopic (exact) mass is 300 g/mol. The second-order valence-corrected chi connectivity index (χ2v) is 5.46. The predicted molar refractivity (Wildman–Crippen MR) is 95.9 cm³/mol. The fraction of sp³-hybridized carbons (Fsp3) is 0.0526. The van der Waals surface area contributed by atoms with Gasteiger partial charge in [0, 0.05) is 41.3 Å². The number of para-hydroxylation sites is 2. The molecule has 4 nitrogen and oxygen atoms in total. The molecule has 0 fully saturated rings. The molecule has 23 heavy (non-hydrogen) atoms. The number of nitrogens with zero attached hydrogens (tertiary/aromatic N) is 3. The summed E-state index contributed by atoms with van der Waals surface area (Å²) in [5.41, 5.74) is 7.21. The SMILES string of the molecule is Cn1cc(/C=N/Nc2cccc3cccnc23)c2ccccc21. The van der Waals surface area contributed by atoms with Gasteiger partial charge in [-0.15, -0.1) is 0 Å². The zero-order chi connectivity index (χ0) is 15.6. The molecule has 1 N–H and O–H groups in total. The summed E-state index contributed by atoms with van der Waals surface area (Å²) < 4.78 is 2.11. The Hall–Kier alpha value is -3.14. The lowest BCUT2D eigenvalue weighted by Crippen LogP contribution is -1.92. The van der Waals surface area contributed by atoms with Gasteiger partial charge in [-0.2, -0.15) is 5.10 Å². The first kappa shape index (κ1) is 13.5. The van der Waals surface area contributed by atoms with Gasteiger partial charge in [-0.05, 0) is 18.2 Å². The lowest BCUT2D eigenvalue weighted by atomic mass is 10.2. The van der Waals surface area contributed by atoms with E-state index >= 15 is 0 Å². The molecule has 4 rings (SSSR count). The zero-order valence-electron chi connectivity index (χ0n) is 12.8. The largest absolute Gasteiger partial charge is 0.350 e. The van der Waals surface area contributed by atoms with Crippen LogP contribution in [-0.2, 0) is 7.05 Å². The summed E-state index contributed by atoms with van der Waals surface area (Å²) in [6.45, 7) is 0. The summed E-state index contributed by atoms with van der Waals surface area (Å²) >= 11 is 0. The minimum absolute atomic E-state index is 0.902. The van der Waals surface area contributed by atoms with E-state index in [4.69, 9.17) is 0 Å². The highest BCUT2D eigenvalue weighted by molar-refractivity contribution is 6.00. The van der Waals surface area contributed by atoms with Gasteiger partial charge in [0.05, 0.1) is 17.4 Å². The van der Waals surface area contributed by atoms with Crippen molar-refractivity contribution in [3.05, 3.63) is 72.6 Å². The summed E-state index contributed by atoms with van der Waals surface area (Å²) in [5.74, 6) is 0. The third-order valence-electron chi connectivity index (χ3n) is 3.95. The van der Waals surface area contributed by atoms with Crippen molar-refractivity contribution < 1.29 is 0 Å². The van der Waals surface area contributed by atoms with Gasteiger partial charge >= 0.3 is 0 Å². The van der Waals surface area contributed by atoms with Crippen LogP contribution in [0.1, 0.15) is 5.56 Å². The summed E-state index contributed by atoms with van der Waals surface area (Å²) in [6, 6.07) is 18.3. The highest BCUT2D eigenvalue weighted by atomic mass is 15.3. The molecule has 0 atom stereocenters. The van der Waals surface area contributed by atoms with Gasteiger partial charge in [-0.1, -0.05) is 36.4 Å². The van der Waals surface area contributed by atoms with Gasteiger partial charge in [0.2, 0.25) is 0 Å². The molecule has 2 aromatic carbocycles. The Morgan fingerprint density at radius 3 is 2.87 bits per heavy atom. The lowest BCUT2D eigenvalue weighted by molar-refractivity contribution is 0.968. The third kappa shape index (κ3) is 2.44. The zero-order valence-corrected chi connectivity index (χ0v) is 12.8. The van der Waals surface area contributed by atoms with E-state index in [-0.39, 0.29) is 0 Å². The van der Waals surface area contributed by atoms with E-state index in [0.29, 0.717) is 0 Å². The Kier molecular flexibility index (Phi) is 3.27. The Labute approximate surface area is 134 Å². The van der Waals surface area contributed by atoms with Crippen LogP contribution in [0.4, 0.5) is 5.69 Å². The molecule has 0 bridgehead atoms. The van der Waals surface area contributed by atoms with Crippen LogP contribution in [0, 0.1) is 0 Å². The molecule has 2 heterocycles. The van der Waals surface area contributed by atoms with Crippen molar-refractivity contribution in [2.24, 2.45) is 12.1 Å². The van der Waals surface area contributed by atoms with Crippen molar-refractivity contribution in [3.8, 4) is 0 Å². The molecular weight excluding hydrogens is 284 g/mol. The Balaban J connectivity index is 1.66. The number of fused-ring (bicyclic) bond motifs is 2. The summed E-state index contributed by atoms with van der Waals surface area (Å²) in [7, 11) is 2.04. The van der Waals surface area contributed by atoms with Gasteiger partial charge in [0.1, 0.15) is 0 Å². The maximum Gasteiger partial charge on any atom is 0.0951 e. The van der Waals surface area contributed by atoms with E-state index in [1.807, 2.05) is 55.7 Å². The highest BCUT2D eigenvalue weighted by Gasteiger charge is 2.03. The Morgan fingerprint density at radius 2 is 1.91 bits per heavy atom. The standard InChI is InChI=1S/C19H16N4/c1-23-13-15(16-8-2-3-10-18(16)23)12-21-22-17-9-4-6-14-7-5-11-20-19(14)17/h2-13,22H,1H3/b21-12+. The van der Waals surface area contributed by atoms with Crippen molar-refractivity contribution in [2.75, 3.05) is 5.43 Å². The molecule has 0 saturated carbocycles. The van der Waals surface area contributed by atoms with Crippen LogP contribution in [-0.4, -0.2) is 15.8 Å². The summed E-state index contributed by atoms with van der Waals surface area (Å²) in [4.78, 5) is 4.42. The normalized spacial score (nSPS) is 11.5. The maximum atomic E-state index is 4.42. The number of nitrogens with one attached hydrogen (secondary N) is 1. The third-order valence-corrected chi connectivity index (χ3v) is 3.95. The molecular formula is C19H16N4. The molecule has 4 aromatic rings. The van der Waals surface area contributed by atoms with Crippen LogP contribution in [0.2, 0.25) is 0 Å². The predicted octanol–water partition coefficient (Wildman–Crippen LogP) is 4.17. The first-order valence-electron chi connectivity index (χ1n) is 7.50. The fourth-order valence-corrected chi connectivity index (χ4v) is 2.84. The average molecular weight is 300 g/mol. The molecule has 0 unspecified atom stereocenters. The topological polar surface area (TPSA) is 42.2 Å². The second kappa shape index (κ2) is 5.57. The van der Waals surface area contributed by atoms with Crippen molar-refractivity contribution in [1.82, 2.24) is 9.55 Å². The first-order valence-corrected chi connectivity index (χ1v) is 7.50. The first-order chi connectivity index (χ1) is 11.3. The van der Waals surface area contributed by atoms with E-state index < -0.39 is 0 Å².